The summed E-state index contributed by atoms with van der Waals surface area (Å²) in [5, 5.41) is 17.1. The van der Waals surface area contributed by atoms with Gasteiger partial charge in [-0.3, -0.25) is 14.5 Å². The lowest BCUT2D eigenvalue weighted by atomic mass is 10.0. The molecule has 14 heteroatoms. The number of nitrogens with zero attached hydrogens (tertiary/aromatic N) is 3. The molecule has 4 N–H and O–H groups in total. The van der Waals surface area contributed by atoms with Crippen LogP contribution in [0.4, 0.5) is 5.13 Å². The number of carbonyl (C=O) groups excluding carboxylic acids is 3. The number of hydrogen-bond acceptors (Lipinski definition) is 11. The van der Waals surface area contributed by atoms with Gasteiger partial charge < -0.3 is 25.7 Å². The summed E-state index contributed by atoms with van der Waals surface area (Å²) in [6.07, 6.45) is 1.84. The number of carbonyl (C=O) groups is 4. The Morgan fingerprint density at radius 1 is 1.47 bits per heavy atom. The minimum absolute atomic E-state index is 0.160. The maximum atomic E-state index is 12.8. The van der Waals surface area contributed by atoms with Crippen LogP contribution in [-0.4, -0.2) is 75.3 Å². The van der Waals surface area contributed by atoms with Crippen LogP contribution in [0.2, 0.25) is 0 Å². The second-order valence-electron chi connectivity index (χ2n) is 6.79. The number of ether oxygens (including phenoxy) is 1. The van der Waals surface area contributed by atoms with Crippen LogP contribution < -0.4 is 11.1 Å². The molecular weight excluding hydrogens is 462 g/mol. The summed E-state index contributed by atoms with van der Waals surface area (Å²) in [6, 6.07) is -0.967. The topological polar surface area (TPSA) is 174 Å². The van der Waals surface area contributed by atoms with Crippen molar-refractivity contribution in [3.05, 3.63) is 34.0 Å². The summed E-state index contributed by atoms with van der Waals surface area (Å²) in [7, 11) is 1.26. The minimum Gasteiger partial charge on any atom is -0.477 e. The molecule has 2 atom stereocenters. The van der Waals surface area contributed by atoms with Gasteiger partial charge in [-0.15, -0.1) is 23.1 Å². The van der Waals surface area contributed by atoms with Crippen molar-refractivity contribution < 1.29 is 33.9 Å². The van der Waals surface area contributed by atoms with E-state index in [1.165, 1.54) is 30.3 Å². The third kappa shape index (κ3) is 3.82. The molecule has 0 aliphatic carbocycles. The van der Waals surface area contributed by atoms with E-state index in [-0.39, 0.29) is 34.6 Å². The number of amides is 2. The highest BCUT2D eigenvalue weighted by Crippen LogP contribution is 2.41. The van der Waals surface area contributed by atoms with E-state index in [4.69, 9.17) is 15.3 Å². The number of carboxylic acids is 1. The third-order valence-electron chi connectivity index (χ3n) is 4.86. The Morgan fingerprint density at radius 3 is 2.84 bits per heavy atom. The second-order valence-corrected chi connectivity index (χ2v) is 8.78. The van der Waals surface area contributed by atoms with Crippen molar-refractivity contribution in [2.24, 2.45) is 5.16 Å². The number of hydrogen-bond donors (Lipinski definition) is 3. The molecule has 12 nitrogen and oxygen atoms in total. The number of rotatable bonds is 6. The summed E-state index contributed by atoms with van der Waals surface area (Å²) < 4.78 is 4.88. The fourth-order valence-corrected chi connectivity index (χ4v) is 5.30. The fourth-order valence-electron chi connectivity index (χ4n) is 3.45. The van der Waals surface area contributed by atoms with Gasteiger partial charge >= 0.3 is 11.9 Å². The number of cyclic esters (lactones) is 1. The van der Waals surface area contributed by atoms with Crippen molar-refractivity contribution >= 4 is 57.7 Å². The average molecular weight is 479 g/mol. The number of carboxylic acid groups (broad SMARTS) is 1. The van der Waals surface area contributed by atoms with Gasteiger partial charge in [0.2, 0.25) is 0 Å². The number of aliphatic carboxylic acids is 1. The molecule has 2 saturated heterocycles. The maximum Gasteiger partial charge on any atom is 0.352 e. The van der Waals surface area contributed by atoms with E-state index < -0.39 is 35.2 Å². The van der Waals surface area contributed by atoms with Crippen LogP contribution in [-0.2, 0) is 28.8 Å². The van der Waals surface area contributed by atoms with Gasteiger partial charge in [0.15, 0.2) is 10.8 Å². The summed E-state index contributed by atoms with van der Waals surface area (Å²) >= 11 is 2.38. The summed E-state index contributed by atoms with van der Waals surface area (Å²) in [6.45, 7) is 0.239. The quantitative estimate of drug-likeness (QED) is 0.161. The molecule has 4 rings (SSSR count). The Hall–Kier alpha value is -3.39. The monoisotopic (exact) mass is 479 g/mol. The summed E-state index contributed by atoms with van der Waals surface area (Å²) in [5.74, 6) is -2.86. The number of anilines is 1. The van der Waals surface area contributed by atoms with Crippen molar-refractivity contribution in [3.8, 4) is 0 Å². The van der Waals surface area contributed by atoms with E-state index in [2.05, 4.69) is 15.5 Å². The Labute approximate surface area is 189 Å². The number of thiazole rings is 1. The van der Waals surface area contributed by atoms with E-state index >= 15 is 0 Å². The third-order valence-corrected chi connectivity index (χ3v) is 6.84. The van der Waals surface area contributed by atoms with Crippen molar-refractivity contribution in [1.82, 2.24) is 15.2 Å². The van der Waals surface area contributed by atoms with Crippen LogP contribution in [0.1, 0.15) is 12.1 Å². The highest BCUT2D eigenvalue weighted by atomic mass is 32.2. The van der Waals surface area contributed by atoms with Gasteiger partial charge in [0.05, 0.1) is 6.61 Å². The van der Waals surface area contributed by atoms with Crippen molar-refractivity contribution in [1.29, 1.82) is 0 Å². The molecule has 1 aromatic rings. The van der Waals surface area contributed by atoms with Crippen LogP contribution in [0.15, 0.2) is 33.5 Å². The lowest BCUT2D eigenvalue weighted by molar-refractivity contribution is -0.150. The van der Waals surface area contributed by atoms with Gasteiger partial charge in [0, 0.05) is 23.1 Å². The number of esters is 1. The standard InChI is InChI=1S/C18H17N5O7S2/c1-29-22-10(9-6-32-18(19)20-9)13(24)21-11-14(25)23-12(16(26)27)8(5-31-15(11)23)4-7-2-3-30-17(7)28/h4,6,11,15H,2-3,5H2,1H3,(H2,19,20)(H,21,24)(H,26,27)/t11-,15+/m1/s1. The first-order chi connectivity index (χ1) is 15.3. The molecule has 32 heavy (non-hydrogen) atoms. The first-order valence-electron chi connectivity index (χ1n) is 9.24. The highest BCUT2D eigenvalue weighted by molar-refractivity contribution is 8.00. The van der Waals surface area contributed by atoms with Crippen LogP contribution in [0.5, 0.6) is 0 Å². The SMILES string of the molecule is CON=C(C(=O)N[C@@H]1C(=O)N2C(C(=O)O)=C(C=C3CCOC3=O)CS[C@@H]12)c1csc(N)n1. The van der Waals surface area contributed by atoms with Gasteiger partial charge in [-0.05, 0) is 11.6 Å². The molecule has 2 fully saturated rings. The number of aromatic nitrogens is 1. The zero-order chi connectivity index (χ0) is 23.0. The molecule has 0 spiro atoms. The molecular formula is C18H17N5O7S2. The van der Waals surface area contributed by atoms with Crippen LogP contribution in [0, 0.1) is 0 Å². The average Bonchev–Trinajstić information content (AvgIpc) is 3.37. The largest absolute Gasteiger partial charge is 0.477 e. The maximum absolute atomic E-state index is 12.8. The molecule has 0 aromatic carbocycles. The number of nitrogens with one attached hydrogen (secondary N) is 1. The van der Waals surface area contributed by atoms with Crippen LogP contribution in [0.25, 0.3) is 0 Å². The zero-order valence-electron chi connectivity index (χ0n) is 16.6. The Bertz CT molecular complexity index is 1110. The molecule has 0 unspecified atom stereocenters. The number of nitrogens with two attached hydrogens (primary N) is 1. The van der Waals surface area contributed by atoms with Gasteiger partial charge in [-0.1, -0.05) is 5.16 Å². The molecule has 3 aliphatic rings. The number of nitrogen functional groups attached to an aromatic ring is 1. The van der Waals surface area contributed by atoms with Crippen molar-refractivity contribution in [3.63, 3.8) is 0 Å². The first-order valence-corrected chi connectivity index (χ1v) is 11.2. The molecule has 1 aromatic heterocycles. The van der Waals surface area contributed by atoms with E-state index in [0.29, 0.717) is 17.6 Å². The van der Waals surface area contributed by atoms with Crippen LogP contribution in [0.3, 0.4) is 0 Å². The van der Waals surface area contributed by atoms with Gasteiger partial charge in [-0.2, -0.15) is 0 Å². The summed E-state index contributed by atoms with van der Waals surface area (Å²) in [4.78, 5) is 59.0. The number of β-lactam (4-membered cyclic amide) rings is 1. The number of fused-ring (bicyclic) bond motifs is 1. The molecule has 168 valence electrons. The smallest absolute Gasteiger partial charge is 0.352 e. The zero-order valence-corrected chi connectivity index (χ0v) is 18.2. The lowest BCUT2D eigenvalue weighted by Gasteiger charge is -2.49. The van der Waals surface area contributed by atoms with E-state index in [1.54, 1.807) is 0 Å². The van der Waals surface area contributed by atoms with Crippen LogP contribution >= 0.6 is 23.1 Å². The van der Waals surface area contributed by atoms with E-state index in [0.717, 1.165) is 16.2 Å². The van der Waals surface area contributed by atoms with Gasteiger partial charge in [0.25, 0.3) is 11.8 Å². The van der Waals surface area contributed by atoms with Gasteiger partial charge in [-0.25, -0.2) is 14.6 Å². The van der Waals surface area contributed by atoms with Crippen molar-refractivity contribution in [2.45, 2.75) is 17.8 Å². The predicted molar refractivity (Wildman–Crippen MR) is 113 cm³/mol. The van der Waals surface area contributed by atoms with E-state index in [9.17, 15) is 24.3 Å². The minimum atomic E-state index is -1.30. The number of thioether (sulfide) groups is 1. The highest BCUT2D eigenvalue weighted by Gasteiger charge is 2.54. The Balaban J connectivity index is 1.55. The van der Waals surface area contributed by atoms with Gasteiger partial charge in [0.1, 0.15) is 29.9 Å². The first kappa shape index (κ1) is 21.8. The molecule has 4 heterocycles. The number of allylic oxidation sites excluding steroid dienone is 1. The summed E-state index contributed by atoms with van der Waals surface area (Å²) in [5.41, 5.74) is 6.12. The normalized spacial score (nSPS) is 24.2. The Kier molecular flexibility index (Phi) is 5.88. The molecule has 3 aliphatic heterocycles. The molecule has 0 bridgehead atoms. The molecule has 0 saturated carbocycles. The molecule has 0 radical (unpaired) electrons. The fraction of sp³-hybridized carbons (Fsp3) is 0.333. The predicted octanol–water partition coefficient (Wildman–Crippen LogP) is -0.312. The second kappa shape index (κ2) is 8.63. The number of oxime groups is 1. The molecule has 2 amide bonds. The van der Waals surface area contributed by atoms with E-state index in [1.807, 2.05) is 0 Å². The van der Waals surface area contributed by atoms with Crippen molar-refractivity contribution in [2.75, 3.05) is 25.2 Å². The lowest BCUT2D eigenvalue weighted by Crippen LogP contribution is -2.71. The Morgan fingerprint density at radius 2 is 2.25 bits per heavy atom.